The molecule has 12 heavy (non-hydrogen) atoms. The Balaban J connectivity index is 0.000000217. The van der Waals surface area contributed by atoms with Crippen LogP contribution in [0.15, 0.2) is 0 Å². The van der Waals surface area contributed by atoms with Gasteiger partial charge >= 0.3 is 0 Å². The Labute approximate surface area is 87.7 Å². The summed E-state index contributed by atoms with van der Waals surface area (Å²) in [7, 11) is -1.21. The smallest absolute Gasteiger partial charge is 0.150 e. The fourth-order valence-corrected chi connectivity index (χ4v) is 1.31. The molecule has 0 saturated heterocycles. The number of halogens is 2. The monoisotopic (exact) mass is 226 g/mol. The van der Waals surface area contributed by atoms with Crippen molar-refractivity contribution in [3.8, 4) is 0 Å². The maximum absolute atomic E-state index is 5.37. The Bertz CT molecular complexity index is 90.5. The number of hydrogen-bond acceptors (Lipinski definition) is 0. The third-order valence-electron chi connectivity index (χ3n) is 2.20. The second kappa shape index (κ2) is 8.40. The minimum Gasteiger partial charge on any atom is -0.150 e. The highest BCUT2D eigenvalue weighted by molar-refractivity contribution is 7.33. The molecule has 0 bridgehead atoms. The molecule has 0 nitrogen and oxygen atoms in total. The van der Waals surface area contributed by atoms with Crippen molar-refractivity contribution in [3.63, 3.8) is 0 Å². The van der Waals surface area contributed by atoms with E-state index in [2.05, 4.69) is 6.92 Å². The fraction of sp³-hybridized carbons (Fsp3) is 1.00. The van der Waals surface area contributed by atoms with Crippen molar-refractivity contribution in [2.45, 2.75) is 52.0 Å². The zero-order valence-electron chi connectivity index (χ0n) is 8.15. The van der Waals surface area contributed by atoms with Gasteiger partial charge in [-0.25, -0.2) is 0 Å². The van der Waals surface area contributed by atoms with Crippen molar-refractivity contribution in [2.24, 2.45) is 5.92 Å². The largest absolute Gasteiger partial charge is 0.236 e. The van der Waals surface area contributed by atoms with Crippen molar-refractivity contribution < 1.29 is 0 Å². The van der Waals surface area contributed by atoms with E-state index < -0.39 is 7.42 Å². The first-order valence-corrected chi connectivity index (χ1v) is 9.25. The first-order valence-electron chi connectivity index (χ1n) is 4.95. The fourth-order valence-electron chi connectivity index (χ4n) is 1.31. The molecule has 0 aromatic rings. The summed E-state index contributed by atoms with van der Waals surface area (Å²) < 4.78 is 0. The molecule has 3 heteroatoms. The van der Waals surface area contributed by atoms with Crippen LogP contribution < -0.4 is 0 Å². The lowest BCUT2D eigenvalue weighted by Gasteiger charge is -2.15. The normalized spacial score (nSPS) is 18.8. The van der Waals surface area contributed by atoms with Crippen LogP contribution in [-0.4, -0.2) is 7.42 Å². The van der Waals surface area contributed by atoms with Gasteiger partial charge in [0.05, 0.1) is 0 Å². The lowest BCUT2D eigenvalue weighted by Crippen LogP contribution is -1.99. The van der Waals surface area contributed by atoms with E-state index in [1.54, 1.807) is 0 Å². The molecule has 74 valence electrons. The predicted octanol–water partition coefficient (Wildman–Crippen LogP) is 4.29. The summed E-state index contributed by atoms with van der Waals surface area (Å²) in [6.45, 7) is 4.36. The molecule has 0 N–H and O–H groups in total. The van der Waals surface area contributed by atoms with E-state index in [-0.39, 0.29) is 0 Å². The summed E-state index contributed by atoms with van der Waals surface area (Å²) in [5.41, 5.74) is 0. The summed E-state index contributed by atoms with van der Waals surface area (Å²) in [4.78, 5) is 0. The molecular weight excluding hydrogens is 207 g/mol. The Morgan fingerprint density at radius 3 is 1.75 bits per heavy atom. The van der Waals surface area contributed by atoms with E-state index in [0.717, 1.165) is 12.0 Å². The molecule has 1 fully saturated rings. The topological polar surface area (TPSA) is 0 Å². The Morgan fingerprint density at radius 1 is 1.17 bits per heavy atom. The van der Waals surface area contributed by atoms with Crippen LogP contribution in [0.1, 0.15) is 46.0 Å². The minimum absolute atomic E-state index is 0.975. The maximum Gasteiger partial charge on any atom is 0.236 e. The first-order chi connectivity index (χ1) is 5.66. The van der Waals surface area contributed by atoms with E-state index in [4.69, 9.17) is 22.2 Å². The van der Waals surface area contributed by atoms with Gasteiger partial charge in [-0.05, 0) is 12.0 Å². The maximum atomic E-state index is 5.37. The van der Waals surface area contributed by atoms with Gasteiger partial charge in [0, 0.05) is 0 Å². The molecule has 0 aromatic carbocycles. The molecule has 0 amide bonds. The molecule has 0 aromatic heterocycles. The van der Waals surface area contributed by atoms with Gasteiger partial charge in [-0.1, -0.05) is 46.0 Å². The van der Waals surface area contributed by atoms with Gasteiger partial charge in [0.15, 0.2) is 0 Å². The highest BCUT2D eigenvalue weighted by atomic mass is 35.7. The molecule has 1 saturated carbocycles. The predicted molar refractivity (Wildman–Crippen MR) is 61.6 cm³/mol. The second-order valence-electron chi connectivity index (χ2n) is 3.54. The van der Waals surface area contributed by atoms with Crippen LogP contribution in [0, 0.1) is 5.92 Å². The van der Waals surface area contributed by atoms with E-state index >= 15 is 0 Å². The SMILES string of the molecule is CC1CCCCC1.CC[SiH](Cl)Cl. The summed E-state index contributed by atoms with van der Waals surface area (Å²) in [6, 6.07) is 0.975. The zero-order chi connectivity index (χ0) is 9.40. The van der Waals surface area contributed by atoms with Gasteiger partial charge in [0.25, 0.3) is 0 Å². The van der Waals surface area contributed by atoms with E-state index in [1.807, 2.05) is 6.92 Å². The van der Waals surface area contributed by atoms with Crippen LogP contribution in [0.5, 0.6) is 0 Å². The van der Waals surface area contributed by atoms with Crippen LogP contribution in [-0.2, 0) is 0 Å². The lowest BCUT2D eigenvalue weighted by atomic mass is 9.91. The highest BCUT2D eigenvalue weighted by Crippen LogP contribution is 2.22. The second-order valence-corrected chi connectivity index (χ2v) is 8.97. The number of hydrogen-bond donors (Lipinski definition) is 0. The minimum atomic E-state index is -1.21. The van der Waals surface area contributed by atoms with Crippen molar-refractivity contribution in [2.75, 3.05) is 0 Å². The third-order valence-corrected chi connectivity index (χ3v) is 4.67. The van der Waals surface area contributed by atoms with Crippen LogP contribution in [0.25, 0.3) is 0 Å². The molecule has 0 atom stereocenters. The van der Waals surface area contributed by atoms with Gasteiger partial charge in [-0.3, -0.25) is 0 Å². The molecule has 1 aliphatic carbocycles. The Kier molecular flexibility index (Phi) is 8.96. The Hall–Kier alpha value is 0.797. The molecular formula is C9H20Cl2Si. The quantitative estimate of drug-likeness (QED) is 0.463. The molecule has 0 radical (unpaired) electrons. The van der Waals surface area contributed by atoms with Crippen molar-refractivity contribution in [1.82, 2.24) is 0 Å². The summed E-state index contributed by atoms with van der Waals surface area (Å²) >= 11 is 10.7. The molecule has 0 heterocycles. The Morgan fingerprint density at radius 2 is 1.58 bits per heavy atom. The van der Waals surface area contributed by atoms with Gasteiger partial charge in [-0.15, -0.1) is 0 Å². The first kappa shape index (κ1) is 12.8. The van der Waals surface area contributed by atoms with Crippen molar-refractivity contribution >= 4 is 29.6 Å². The van der Waals surface area contributed by atoms with E-state index in [9.17, 15) is 0 Å². The molecule has 0 aliphatic heterocycles. The highest BCUT2D eigenvalue weighted by Gasteiger charge is 2.05. The van der Waals surface area contributed by atoms with Gasteiger partial charge < -0.3 is 0 Å². The molecule has 1 rings (SSSR count). The molecule has 0 spiro atoms. The van der Waals surface area contributed by atoms with Gasteiger partial charge in [0.1, 0.15) is 0 Å². The van der Waals surface area contributed by atoms with E-state index in [1.165, 1.54) is 32.1 Å². The summed E-state index contributed by atoms with van der Waals surface area (Å²) in [6.07, 6.45) is 7.44. The number of rotatable bonds is 1. The van der Waals surface area contributed by atoms with Crippen LogP contribution in [0.2, 0.25) is 6.04 Å². The lowest BCUT2D eigenvalue weighted by molar-refractivity contribution is 0.385. The zero-order valence-corrected chi connectivity index (χ0v) is 10.8. The molecule has 0 unspecified atom stereocenters. The van der Waals surface area contributed by atoms with Crippen LogP contribution in [0.3, 0.4) is 0 Å². The van der Waals surface area contributed by atoms with Crippen molar-refractivity contribution in [3.05, 3.63) is 0 Å². The van der Waals surface area contributed by atoms with Crippen LogP contribution >= 0.6 is 22.2 Å². The van der Waals surface area contributed by atoms with Crippen molar-refractivity contribution in [1.29, 1.82) is 0 Å². The average molecular weight is 227 g/mol. The van der Waals surface area contributed by atoms with Crippen LogP contribution in [0.4, 0.5) is 0 Å². The average Bonchev–Trinajstić information content (AvgIpc) is 2.07. The van der Waals surface area contributed by atoms with Gasteiger partial charge in [0.2, 0.25) is 7.42 Å². The summed E-state index contributed by atoms with van der Waals surface area (Å²) in [5.74, 6) is 1.04. The third kappa shape index (κ3) is 8.89. The standard InChI is InChI=1S/C7H14.C2H6Cl2Si/c1-7-5-3-2-4-6-7;1-2-5(3)4/h7H,2-6H2,1H3;5H,2H2,1H3. The molecule has 1 aliphatic rings. The van der Waals surface area contributed by atoms with E-state index in [0.29, 0.717) is 0 Å². The summed E-state index contributed by atoms with van der Waals surface area (Å²) in [5, 5.41) is 0. The van der Waals surface area contributed by atoms with Gasteiger partial charge in [-0.2, -0.15) is 22.2 Å².